The van der Waals surface area contributed by atoms with E-state index in [9.17, 15) is 27.9 Å². The van der Waals surface area contributed by atoms with Crippen LogP contribution in [0.5, 0.6) is 5.75 Å². The first-order chi connectivity index (χ1) is 20.9. The quantitative estimate of drug-likeness (QED) is 0.298. The summed E-state index contributed by atoms with van der Waals surface area (Å²) in [6.45, 7) is 5.18. The van der Waals surface area contributed by atoms with Gasteiger partial charge in [-0.2, -0.15) is 13.2 Å². The van der Waals surface area contributed by atoms with Gasteiger partial charge in [0.25, 0.3) is 0 Å². The van der Waals surface area contributed by atoms with Crippen LogP contribution in [0.1, 0.15) is 37.8 Å². The van der Waals surface area contributed by atoms with Crippen LogP contribution in [0, 0.1) is 5.92 Å². The van der Waals surface area contributed by atoms with Crippen molar-refractivity contribution in [3.63, 3.8) is 0 Å². The number of fused-ring (bicyclic) bond motifs is 1. The smallest absolute Gasteiger partial charge is 0.389 e. The third-order valence-electron chi connectivity index (χ3n) is 7.84. The van der Waals surface area contributed by atoms with Crippen molar-refractivity contribution < 1.29 is 32.6 Å². The molecule has 2 N–H and O–H groups in total. The lowest BCUT2D eigenvalue weighted by atomic mass is 10.0. The van der Waals surface area contributed by atoms with E-state index < -0.39 is 31.0 Å². The van der Waals surface area contributed by atoms with Crippen molar-refractivity contribution in [3.05, 3.63) is 83.9 Å². The lowest BCUT2D eigenvalue weighted by Gasteiger charge is -2.34. The average Bonchev–Trinajstić information content (AvgIpc) is 3.03. The van der Waals surface area contributed by atoms with Gasteiger partial charge in [0.2, 0.25) is 11.8 Å². The van der Waals surface area contributed by atoms with Gasteiger partial charge in [0, 0.05) is 43.2 Å². The molecular weight excluding hydrogens is 571 g/mol. The van der Waals surface area contributed by atoms with Gasteiger partial charge < -0.3 is 20.1 Å². The molecule has 7 nitrogen and oxygen atoms in total. The largest absolute Gasteiger partial charge is 0.488 e. The van der Waals surface area contributed by atoms with Crippen molar-refractivity contribution in [2.75, 3.05) is 32.1 Å². The van der Waals surface area contributed by atoms with Crippen LogP contribution in [-0.2, 0) is 22.6 Å². The van der Waals surface area contributed by atoms with Gasteiger partial charge in [-0.3, -0.25) is 14.5 Å². The van der Waals surface area contributed by atoms with Gasteiger partial charge in [0.15, 0.2) is 0 Å². The minimum absolute atomic E-state index is 0.0466. The predicted octanol–water partition coefficient (Wildman–Crippen LogP) is 5.92. The van der Waals surface area contributed by atoms with E-state index in [2.05, 4.69) is 46.6 Å². The minimum atomic E-state index is -4.43. The number of alkyl halides is 3. The molecule has 0 bridgehead atoms. The number of amides is 2. The molecule has 1 heterocycles. The molecular formula is C34H40F3N3O4. The highest BCUT2D eigenvalue weighted by molar-refractivity contribution is 5.91. The van der Waals surface area contributed by atoms with E-state index in [1.54, 1.807) is 30.0 Å². The van der Waals surface area contributed by atoms with Gasteiger partial charge in [0.1, 0.15) is 11.9 Å². The molecule has 0 spiro atoms. The van der Waals surface area contributed by atoms with Gasteiger partial charge in [-0.25, -0.2) is 0 Å². The minimum Gasteiger partial charge on any atom is -0.488 e. The summed E-state index contributed by atoms with van der Waals surface area (Å²) in [6, 6.07) is 23.0. The molecule has 0 radical (unpaired) electrons. The fourth-order valence-electron chi connectivity index (χ4n) is 5.32. The van der Waals surface area contributed by atoms with Crippen molar-refractivity contribution in [2.24, 2.45) is 5.92 Å². The Morgan fingerprint density at radius 1 is 1.09 bits per heavy atom. The molecule has 3 aromatic rings. The van der Waals surface area contributed by atoms with Crippen molar-refractivity contribution in [3.8, 4) is 16.9 Å². The standard InChI is InChI=1S/C34H40F3N3O4/c1-23-19-40(24(2)22-41)33(43)18-28-17-29(38-32(42)15-16-34(35,36)37)13-14-30(28)44-31(23)21-39(3)20-25-9-11-27(12-10-25)26-7-5-4-6-8-26/h4-14,17,23-24,31,41H,15-16,18-22H2,1-3H3,(H,38,42)/t23-,24-,31-/m1/s1. The molecule has 44 heavy (non-hydrogen) atoms. The van der Waals surface area contributed by atoms with Gasteiger partial charge in [-0.1, -0.05) is 61.5 Å². The molecule has 3 aromatic carbocycles. The van der Waals surface area contributed by atoms with Crippen LogP contribution in [-0.4, -0.2) is 71.8 Å². The molecule has 0 fully saturated rings. The third kappa shape index (κ3) is 9.30. The van der Waals surface area contributed by atoms with Crippen molar-refractivity contribution in [1.82, 2.24) is 9.80 Å². The SMILES string of the molecule is C[C@@H]1CN([C@H](C)CO)C(=O)Cc2cc(NC(=O)CCC(F)(F)F)ccc2O[C@@H]1CN(C)Cc1ccc(-c2ccccc2)cc1. The Balaban J connectivity index is 1.52. The van der Waals surface area contributed by atoms with Crippen LogP contribution in [0.15, 0.2) is 72.8 Å². The monoisotopic (exact) mass is 611 g/mol. The van der Waals surface area contributed by atoms with Gasteiger partial charge in [-0.05, 0) is 48.9 Å². The first-order valence-corrected chi connectivity index (χ1v) is 14.8. The summed E-state index contributed by atoms with van der Waals surface area (Å²) in [7, 11) is 2.01. The maximum absolute atomic E-state index is 13.4. The Hall–Kier alpha value is -3.89. The van der Waals surface area contributed by atoms with E-state index in [1.807, 2.05) is 32.2 Å². The summed E-state index contributed by atoms with van der Waals surface area (Å²) < 4.78 is 44.3. The second-order valence-electron chi connectivity index (χ2n) is 11.6. The number of hydrogen-bond acceptors (Lipinski definition) is 5. The number of nitrogens with one attached hydrogen (secondary N) is 1. The molecule has 1 aliphatic rings. The summed E-state index contributed by atoms with van der Waals surface area (Å²) in [5, 5.41) is 12.4. The molecule has 236 valence electrons. The lowest BCUT2D eigenvalue weighted by Crippen LogP contribution is -2.47. The summed E-state index contributed by atoms with van der Waals surface area (Å²) in [5.41, 5.74) is 4.23. The van der Waals surface area contributed by atoms with Crippen LogP contribution in [0.25, 0.3) is 11.1 Å². The fraction of sp³-hybridized carbons (Fsp3) is 0.412. The summed E-state index contributed by atoms with van der Waals surface area (Å²) in [5.74, 6) is -0.597. The Morgan fingerprint density at radius 3 is 2.43 bits per heavy atom. The van der Waals surface area contributed by atoms with E-state index in [0.29, 0.717) is 30.9 Å². The summed E-state index contributed by atoms with van der Waals surface area (Å²) in [6.07, 6.45) is -6.72. The Bertz CT molecular complexity index is 1400. The molecule has 10 heteroatoms. The van der Waals surface area contributed by atoms with Crippen LogP contribution in [0.3, 0.4) is 0 Å². The number of carbonyl (C=O) groups excluding carboxylic acids is 2. The maximum atomic E-state index is 13.4. The van der Waals surface area contributed by atoms with E-state index in [0.717, 1.165) is 16.7 Å². The number of aliphatic hydroxyl groups is 1. The molecule has 4 rings (SSSR count). The maximum Gasteiger partial charge on any atom is 0.389 e. The Morgan fingerprint density at radius 2 is 1.77 bits per heavy atom. The van der Waals surface area contributed by atoms with Gasteiger partial charge >= 0.3 is 6.18 Å². The molecule has 0 aromatic heterocycles. The van der Waals surface area contributed by atoms with E-state index in [-0.39, 0.29) is 36.6 Å². The van der Waals surface area contributed by atoms with E-state index >= 15 is 0 Å². The molecule has 0 saturated carbocycles. The number of likely N-dealkylation sites (N-methyl/N-ethyl adjacent to an activating group) is 1. The second-order valence-corrected chi connectivity index (χ2v) is 11.6. The zero-order chi connectivity index (χ0) is 31.9. The van der Waals surface area contributed by atoms with Gasteiger partial charge in [-0.15, -0.1) is 0 Å². The van der Waals surface area contributed by atoms with Crippen LogP contribution >= 0.6 is 0 Å². The number of hydrogen-bond donors (Lipinski definition) is 2. The normalized spacial score (nSPS) is 18.1. The highest BCUT2D eigenvalue weighted by Gasteiger charge is 2.31. The summed E-state index contributed by atoms with van der Waals surface area (Å²) in [4.78, 5) is 29.4. The number of aliphatic hydroxyl groups excluding tert-OH is 1. The number of ether oxygens (including phenoxy) is 1. The Labute approximate surface area is 256 Å². The van der Waals surface area contributed by atoms with E-state index in [1.165, 1.54) is 0 Å². The number of nitrogens with zero attached hydrogens (tertiary/aromatic N) is 2. The first-order valence-electron chi connectivity index (χ1n) is 14.8. The zero-order valence-corrected chi connectivity index (χ0v) is 25.3. The summed E-state index contributed by atoms with van der Waals surface area (Å²) >= 11 is 0. The average molecular weight is 612 g/mol. The van der Waals surface area contributed by atoms with Crippen molar-refractivity contribution in [2.45, 2.75) is 58.0 Å². The highest BCUT2D eigenvalue weighted by Crippen LogP contribution is 2.30. The number of carbonyl (C=O) groups is 2. The van der Waals surface area contributed by atoms with E-state index in [4.69, 9.17) is 4.74 Å². The van der Waals surface area contributed by atoms with Gasteiger partial charge in [0.05, 0.1) is 25.5 Å². The van der Waals surface area contributed by atoms with Crippen molar-refractivity contribution >= 4 is 17.5 Å². The molecule has 3 atom stereocenters. The molecule has 1 aliphatic heterocycles. The highest BCUT2D eigenvalue weighted by atomic mass is 19.4. The Kier molecular flexibility index (Phi) is 11.0. The van der Waals surface area contributed by atoms with Crippen molar-refractivity contribution in [1.29, 1.82) is 0 Å². The third-order valence-corrected chi connectivity index (χ3v) is 7.84. The molecule has 0 saturated heterocycles. The molecule has 0 unspecified atom stereocenters. The fourth-order valence-corrected chi connectivity index (χ4v) is 5.32. The van der Waals surface area contributed by atoms with Crippen LogP contribution in [0.2, 0.25) is 0 Å². The first kappa shape index (κ1) is 33.0. The zero-order valence-electron chi connectivity index (χ0n) is 25.3. The topological polar surface area (TPSA) is 82.1 Å². The number of benzene rings is 3. The second kappa shape index (κ2) is 14.7. The lowest BCUT2D eigenvalue weighted by molar-refractivity contribution is -0.142. The molecule has 0 aliphatic carbocycles. The predicted molar refractivity (Wildman–Crippen MR) is 164 cm³/mol. The van der Waals surface area contributed by atoms with Crippen LogP contribution < -0.4 is 10.1 Å². The number of halogens is 3. The molecule has 2 amide bonds. The number of anilines is 1. The number of rotatable bonds is 10. The van der Waals surface area contributed by atoms with Crippen LogP contribution in [0.4, 0.5) is 18.9 Å².